The Morgan fingerprint density at radius 1 is 1.26 bits per heavy atom. The van der Waals surface area contributed by atoms with Gasteiger partial charge in [-0.2, -0.15) is 0 Å². The third-order valence-corrected chi connectivity index (χ3v) is 2.47. The second-order valence-corrected chi connectivity index (χ2v) is 4.59. The minimum atomic E-state index is -1.18. The summed E-state index contributed by atoms with van der Waals surface area (Å²) in [6.45, 7) is 2.66. The van der Waals surface area contributed by atoms with Crippen LogP contribution in [-0.4, -0.2) is 23.7 Å². The summed E-state index contributed by atoms with van der Waals surface area (Å²) >= 11 is 0. The minimum Gasteiger partial charge on any atom is -0.481 e. The molecule has 0 atom stereocenters. The van der Waals surface area contributed by atoms with E-state index in [0.717, 1.165) is 12.1 Å². The molecule has 0 fully saturated rings. The van der Waals surface area contributed by atoms with Gasteiger partial charge in [0.05, 0.1) is 5.41 Å². The zero-order valence-electron chi connectivity index (χ0n) is 10.5. The molecule has 0 aromatic heterocycles. The van der Waals surface area contributed by atoms with Gasteiger partial charge in [0, 0.05) is 6.54 Å². The molecule has 0 radical (unpaired) electrons. The summed E-state index contributed by atoms with van der Waals surface area (Å²) in [7, 11) is 0. The first-order valence-corrected chi connectivity index (χ1v) is 5.46. The van der Waals surface area contributed by atoms with Crippen LogP contribution in [0.15, 0.2) is 18.2 Å². The lowest BCUT2D eigenvalue weighted by Gasteiger charge is -2.19. The van der Waals surface area contributed by atoms with Crippen LogP contribution in [0.5, 0.6) is 0 Å². The van der Waals surface area contributed by atoms with Crippen LogP contribution in [0.3, 0.4) is 0 Å². The predicted molar refractivity (Wildman–Crippen MR) is 64.8 cm³/mol. The summed E-state index contributed by atoms with van der Waals surface area (Å²) in [5.74, 6) is -2.91. The van der Waals surface area contributed by atoms with Gasteiger partial charge in [0.1, 0.15) is 17.3 Å². The summed E-state index contributed by atoms with van der Waals surface area (Å²) in [4.78, 5) is 22.2. The van der Waals surface area contributed by atoms with Gasteiger partial charge in [-0.15, -0.1) is 0 Å². The summed E-state index contributed by atoms with van der Waals surface area (Å²) in [6, 6.07) is 2.29. The van der Waals surface area contributed by atoms with E-state index in [1.54, 1.807) is 0 Å². The highest BCUT2D eigenvalue weighted by Gasteiger charge is 2.27. The molecule has 0 unspecified atom stereocenters. The number of benzene rings is 1. The number of carbonyl (C=O) groups is 2. The maximum atomic E-state index is 13.2. The zero-order valence-corrected chi connectivity index (χ0v) is 10.5. The Labute approximate surface area is 108 Å². The highest BCUT2D eigenvalue weighted by Crippen LogP contribution is 2.18. The van der Waals surface area contributed by atoms with Gasteiger partial charge >= 0.3 is 12.0 Å². The predicted octanol–water partition coefficient (Wildman–Crippen LogP) is 2.20. The van der Waals surface area contributed by atoms with Gasteiger partial charge in [0.2, 0.25) is 0 Å². The van der Waals surface area contributed by atoms with Gasteiger partial charge in [0.25, 0.3) is 0 Å². The van der Waals surface area contributed by atoms with E-state index in [1.807, 2.05) is 5.32 Å². The van der Waals surface area contributed by atoms with E-state index < -0.39 is 34.7 Å². The number of carboxylic acid groups (broad SMARTS) is 1. The first-order valence-electron chi connectivity index (χ1n) is 5.46. The van der Waals surface area contributed by atoms with Crippen LogP contribution < -0.4 is 10.6 Å². The van der Waals surface area contributed by atoms with E-state index >= 15 is 0 Å². The molecule has 0 saturated heterocycles. The van der Waals surface area contributed by atoms with Crippen molar-refractivity contribution in [1.29, 1.82) is 0 Å². The number of amides is 2. The average Bonchev–Trinajstić information content (AvgIpc) is 2.31. The van der Waals surface area contributed by atoms with Gasteiger partial charge in [-0.25, -0.2) is 13.6 Å². The van der Waals surface area contributed by atoms with Gasteiger partial charge in [0.15, 0.2) is 0 Å². The number of rotatable bonds is 4. The molecule has 19 heavy (non-hydrogen) atoms. The number of urea groups is 1. The van der Waals surface area contributed by atoms with E-state index in [1.165, 1.54) is 19.9 Å². The number of anilines is 1. The van der Waals surface area contributed by atoms with Gasteiger partial charge in [-0.1, -0.05) is 6.07 Å². The van der Waals surface area contributed by atoms with E-state index in [9.17, 15) is 18.4 Å². The monoisotopic (exact) mass is 272 g/mol. The largest absolute Gasteiger partial charge is 0.481 e. The molecule has 0 aliphatic rings. The molecule has 104 valence electrons. The molecule has 7 heteroatoms. The number of carboxylic acids is 1. The molecule has 0 heterocycles. The van der Waals surface area contributed by atoms with Crippen LogP contribution in [0, 0.1) is 17.0 Å². The first kappa shape index (κ1) is 14.9. The van der Waals surface area contributed by atoms with Crippen molar-refractivity contribution in [3.63, 3.8) is 0 Å². The molecule has 5 nitrogen and oxygen atoms in total. The SMILES string of the molecule is CC(C)(CNC(=O)Nc1c(F)cccc1F)C(=O)O. The van der Waals surface area contributed by atoms with Crippen molar-refractivity contribution in [1.82, 2.24) is 5.32 Å². The lowest BCUT2D eigenvalue weighted by atomic mass is 9.94. The molecule has 2 amide bonds. The summed E-state index contributed by atoms with van der Waals surface area (Å²) in [6.07, 6.45) is 0. The Morgan fingerprint density at radius 3 is 2.26 bits per heavy atom. The third kappa shape index (κ3) is 3.90. The molecule has 0 saturated carbocycles. The van der Waals surface area contributed by atoms with Crippen molar-refractivity contribution in [2.75, 3.05) is 11.9 Å². The Bertz CT molecular complexity index is 483. The fourth-order valence-corrected chi connectivity index (χ4v) is 1.15. The highest BCUT2D eigenvalue weighted by molar-refractivity contribution is 5.90. The number of para-hydroxylation sites is 1. The molecule has 0 spiro atoms. The molecule has 1 rings (SSSR count). The van der Waals surface area contributed by atoms with E-state index in [-0.39, 0.29) is 6.54 Å². The van der Waals surface area contributed by atoms with E-state index in [2.05, 4.69) is 5.32 Å². The summed E-state index contributed by atoms with van der Waals surface area (Å²) in [5, 5.41) is 13.1. The Kier molecular flexibility index (Phi) is 4.42. The third-order valence-electron chi connectivity index (χ3n) is 2.47. The fraction of sp³-hybridized carbons (Fsp3) is 0.333. The molecular weight excluding hydrogens is 258 g/mol. The smallest absolute Gasteiger partial charge is 0.319 e. The lowest BCUT2D eigenvalue weighted by Crippen LogP contribution is -2.40. The maximum absolute atomic E-state index is 13.2. The Morgan fingerprint density at radius 2 is 1.79 bits per heavy atom. The normalized spacial score (nSPS) is 10.9. The topological polar surface area (TPSA) is 78.4 Å². The Balaban J connectivity index is 2.64. The van der Waals surface area contributed by atoms with Crippen molar-refractivity contribution in [3.8, 4) is 0 Å². The number of hydrogen-bond acceptors (Lipinski definition) is 2. The number of carbonyl (C=O) groups excluding carboxylic acids is 1. The fourth-order valence-electron chi connectivity index (χ4n) is 1.15. The van der Waals surface area contributed by atoms with Gasteiger partial charge in [-0.05, 0) is 26.0 Å². The average molecular weight is 272 g/mol. The van der Waals surface area contributed by atoms with Crippen LogP contribution in [-0.2, 0) is 4.79 Å². The standard InChI is InChI=1S/C12H14F2N2O3/c1-12(2,10(17)18)6-15-11(19)16-9-7(13)4-3-5-8(9)14/h3-5H,6H2,1-2H3,(H,17,18)(H2,15,16,19). The van der Waals surface area contributed by atoms with Crippen molar-refractivity contribution in [2.24, 2.45) is 5.41 Å². The van der Waals surface area contributed by atoms with Crippen molar-refractivity contribution in [2.45, 2.75) is 13.8 Å². The van der Waals surface area contributed by atoms with Gasteiger partial charge < -0.3 is 15.7 Å². The Hall–Kier alpha value is -2.18. The quantitative estimate of drug-likeness (QED) is 0.786. The van der Waals surface area contributed by atoms with Crippen LogP contribution in [0.2, 0.25) is 0 Å². The summed E-state index contributed by atoms with van der Waals surface area (Å²) in [5.41, 5.74) is -1.75. The van der Waals surface area contributed by atoms with Crippen LogP contribution in [0.25, 0.3) is 0 Å². The molecule has 3 N–H and O–H groups in total. The highest BCUT2D eigenvalue weighted by atomic mass is 19.1. The number of aliphatic carboxylic acids is 1. The zero-order chi connectivity index (χ0) is 14.6. The molecule has 1 aromatic rings. The van der Waals surface area contributed by atoms with Crippen LogP contribution in [0.4, 0.5) is 19.3 Å². The second kappa shape index (κ2) is 5.64. The van der Waals surface area contributed by atoms with Crippen molar-refractivity contribution in [3.05, 3.63) is 29.8 Å². The summed E-state index contributed by atoms with van der Waals surface area (Å²) < 4.78 is 26.5. The first-order chi connectivity index (χ1) is 8.74. The second-order valence-electron chi connectivity index (χ2n) is 4.59. The minimum absolute atomic E-state index is 0.176. The molecule has 0 bridgehead atoms. The lowest BCUT2D eigenvalue weighted by molar-refractivity contribution is -0.146. The van der Waals surface area contributed by atoms with Crippen molar-refractivity contribution < 1.29 is 23.5 Å². The van der Waals surface area contributed by atoms with Crippen LogP contribution in [0.1, 0.15) is 13.8 Å². The molecular formula is C12H14F2N2O3. The number of hydrogen-bond donors (Lipinski definition) is 3. The number of nitrogens with one attached hydrogen (secondary N) is 2. The van der Waals surface area contributed by atoms with Crippen molar-refractivity contribution >= 4 is 17.7 Å². The molecule has 1 aromatic carbocycles. The van der Waals surface area contributed by atoms with E-state index in [4.69, 9.17) is 5.11 Å². The number of halogens is 2. The van der Waals surface area contributed by atoms with Gasteiger partial charge in [-0.3, -0.25) is 4.79 Å². The molecule has 0 aliphatic carbocycles. The maximum Gasteiger partial charge on any atom is 0.319 e. The van der Waals surface area contributed by atoms with Crippen LogP contribution >= 0.6 is 0 Å². The van der Waals surface area contributed by atoms with E-state index in [0.29, 0.717) is 0 Å². The molecule has 0 aliphatic heterocycles.